The van der Waals surface area contributed by atoms with Gasteiger partial charge in [-0.2, -0.15) is 92.2 Å². The molecule has 0 saturated heterocycles. The van der Waals surface area contributed by atoms with Crippen molar-refractivity contribution >= 4 is 9.05 Å². The highest BCUT2D eigenvalue weighted by Crippen LogP contribution is 2.47. The molecule has 0 radical (unpaired) electrons. The van der Waals surface area contributed by atoms with Crippen molar-refractivity contribution in [2.45, 2.75) is 80.5 Å². The lowest BCUT2D eigenvalue weighted by atomic mass is 10.2. The molecule has 4 nitrogen and oxygen atoms in total. The maximum Gasteiger partial charge on any atom is 0.683 e. The van der Waals surface area contributed by atoms with Gasteiger partial charge in [0.05, 0.1) is 0 Å². The van der Waals surface area contributed by atoms with E-state index in [2.05, 4.69) is 17.7 Å². The molecule has 0 N–H and O–H groups in total. The Hall–Kier alpha value is -1.55. The summed E-state index contributed by atoms with van der Waals surface area (Å²) in [4.78, 5) is 0. The second-order valence-corrected chi connectivity index (χ2v) is 9.18. The SMILES string of the molecule is CC(F)(F)C(O[Si](OC(C(F)(F)F)C(F)(F)F)(OC(C(F)(F)F)C(F)(F)F)OC(C(F)(F)F)C(F)(F)F)C(F)(F)F. The number of hydrogen-bond acceptors (Lipinski definition) is 4. The average Bonchev–Trinajstić information content (AvgIpc) is 2.58. The van der Waals surface area contributed by atoms with Gasteiger partial charge in [-0.15, -0.1) is 0 Å². The first kappa shape index (κ1) is 39.4. The zero-order chi connectivity index (χ0) is 33.6. The van der Waals surface area contributed by atoms with E-state index in [-0.39, 0.29) is 0 Å². The summed E-state index contributed by atoms with van der Waals surface area (Å²) in [7, 11) is -9.45. The van der Waals surface area contributed by atoms with Crippen molar-refractivity contribution in [2.24, 2.45) is 0 Å². The minimum Gasteiger partial charge on any atom is -0.332 e. The van der Waals surface area contributed by atoms with Crippen molar-refractivity contribution < 1.29 is 119 Å². The molecule has 0 aromatic carbocycles. The van der Waals surface area contributed by atoms with E-state index in [1.165, 1.54) is 0 Å². The van der Waals surface area contributed by atoms with Gasteiger partial charge in [0.15, 0.2) is 0 Å². The Morgan fingerprint density at radius 2 is 0.463 bits per heavy atom. The van der Waals surface area contributed by atoms with E-state index in [9.17, 15) is 101 Å². The molecular weight excluding hydrogens is 685 g/mol. The molecule has 41 heavy (non-hydrogen) atoms. The van der Waals surface area contributed by atoms with Crippen LogP contribution in [0.3, 0.4) is 0 Å². The molecule has 0 amide bonds. The quantitative estimate of drug-likeness (QED) is 0.185. The molecule has 28 heteroatoms. The van der Waals surface area contributed by atoms with E-state index < -0.39 is 89.5 Å². The van der Waals surface area contributed by atoms with Gasteiger partial charge >= 0.3 is 52.3 Å². The Balaban J connectivity index is 7.99. The molecule has 0 aliphatic heterocycles. The average molecular weight is 692 g/mol. The lowest BCUT2D eigenvalue weighted by Gasteiger charge is -2.40. The topological polar surface area (TPSA) is 36.9 Å². The van der Waals surface area contributed by atoms with Gasteiger partial charge in [-0.25, -0.2) is 8.78 Å². The molecule has 0 bridgehead atoms. The highest BCUT2D eigenvalue weighted by atomic mass is 28.4. The highest BCUT2D eigenvalue weighted by Gasteiger charge is 2.75. The van der Waals surface area contributed by atoms with Crippen LogP contribution < -0.4 is 0 Å². The third-order valence-electron chi connectivity index (χ3n) is 3.59. The zero-order valence-electron chi connectivity index (χ0n) is 18.1. The van der Waals surface area contributed by atoms with E-state index in [0.29, 0.717) is 0 Å². The first-order valence-electron chi connectivity index (χ1n) is 8.92. The molecule has 0 spiro atoms. The number of alkyl halides is 23. The van der Waals surface area contributed by atoms with E-state index in [0.717, 1.165) is 0 Å². The minimum absolute atomic E-state index is 1.13. The summed E-state index contributed by atoms with van der Waals surface area (Å²) in [5.74, 6) is -5.99. The summed E-state index contributed by atoms with van der Waals surface area (Å²) in [5, 5.41) is 0. The van der Waals surface area contributed by atoms with E-state index >= 15 is 0 Å². The van der Waals surface area contributed by atoms with Crippen molar-refractivity contribution in [3.63, 3.8) is 0 Å². The fraction of sp³-hybridized carbons (Fsp3) is 1.00. The van der Waals surface area contributed by atoms with Gasteiger partial charge in [-0.3, -0.25) is 0 Å². The van der Waals surface area contributed by atoms with Crippen LogP contribution in [-0.2, 0) is 17.7 Å². The number of halogens is 23. The first-order chi connectivity index (χ1) is 17.4. The summed E-state index contributed by atoms with van der Waals surface area (Å²) in [6.45, 7) is -1.13. The van der Waals surface area contributed by atoms with E-state index in [4.69, 9.17) is 0 Å². The fourth-order valence-electron chi connectivity index (χ4n) is 2.16. The summed E-state index contributed by atoms with van der Waals surface area (Å²) in [5.41, 5.74) is 0. The van der Waals surface area contributed by atoms with Gasteiger partial charge in [-0.1, -0.05) is 0 Å². The Morgan fingerprint density at radius 3 is 0.585 bits per heavy atom. The predicted octanol–water partition coefficient (Wildman–Crippen LogP) is 7.55. The normalized spacial score (nSPS) is 16.8. The Bertz CT molecular complexity index is 642. The monoisotopic (exact) mass is 692 g/mol. The van der Waals surface area contributed by atoms with Crippen LogP contribution in [0.5, 0.6) is 0 Å². The van der Waals surface area contributed by atoms with Gasteiger partial charge < -0.3 is 17.7 Å². The van der Waals surface area contributed by atoms with Crippen LogP contribution >= 0.6 is 0 Å². The van der Waals surface area contributed by atoms with Crippen LogP contribution in [0.15, 0.2) is 0 Å². The molecule has 0 heterocycles. The van der Waals surface area contributed by atoms with Crippen LogP contribution in [0.4, 0.5) is 101 Å². The fourth-order valence-corrected chi connectivity index (χ4v) is 4.79. The maximum atomic E-state index is 13.5. The summed E-state index contributed by atoms with van der Waals surface area (Å²) in [6.07, 6.45) is -76.0. The standard InChI is InChI=1S/C13H7F23O4Si/c1-6(14,15)2(7(16,17)18)37-41(38-3(8(19,20)21)9(22,23)24,39-4(10(25,26)27)11(28,29)30)40-5(12(31,32)33)13(34,35)36/h2-5H,1H3. The number of hydrogen-bond donors (Lipinski definition) is 0. The van der Waals surface area contributed by atoms with Crippen LogP contribution in [0.1, 0.15) is 6.92 Å². The molecule has 0 aliphatic rings. The zero-order valence-corrected chi connectivity index (χ0v) is 19.1. The van der Waals surface area contributed by atoms with Crippen LogP contribution in [0.2, 0.25) is 0 Å². The van der Waals surface area contributed by atoms with Crippen molar-refractivity contribution in [2.75, 3.05) is 0 Å². The Kier molecular flexibility index (Phi) is 11.1. The van der Waals surface area contributed by atoms with Gasteiger partial charge in [0.1, 0.15) is 0 Å². The highest BCUT2D eigenvalue weighted by molar-refractivity contribution is 6.54. The lowest BCUT2D eigenvalue weighted by Crippen LogP contribution is -2.68. The van der Waals surface area contributed by atoms with Crippen LogP contribution in [-0.4, -0.2) is 82.6 Å². The molecule has 248 valence electrons. The molecule has 0 fully saturated rings. The smallest absolute Gasteiger partial charge is 0.332 e. The summed E-state index contributed by atoms with van der Waals surface area (Å²) < 4.78 is 309. The second-order valence-electron chi connectivity index (χ2n) is 7.24. The summed E-state index contributed by atoms with van der Waals surface area (Å²) >= 11 is 0. The largest absolute Gasteiger partial charge is 0.683 e. The first-order valence-corrected chi connectivity index (χ1v) is 10.5. The second kappa shape index (κ2) is 11.5. The molecule has 0 saturated carbocycles. The molecule has 0 aromatic heterocycles. The van der Waals surface area contributed by atoms with Gasteiger partial charge in [0.25, 0.3) is 5.92 Å². The molecule has 1 unspecified atom stereocenters. The molecule has 0 rings (SSSR count). The van der Waals surface area contributed by atoms with Gasteiger partial charge in [0.2, 0.25) is 24.4 Å². The predicted molar refractivity (Wildman–Crippen MR) is 78.3 cm³/mol. The molecule has 1 atom stereocenters. The Morgan fingerprint density at radius 1 is 0.317 bits per heavy atom. The van der Waals surface area contributed by atoms with Gasteiger partial charge in [-0.05, 0) is 0 Å². The van der Waals surface area contributed by atoms with E-state index in [1.807, 2.05) is 0 Å². The molecule has 0 aromatic rings. The molecular formula is C13H7F23O4Si. The molecule has 0 aliphatic carbocycles. The Labute approximate surface area is 209 Å². The van der Waals surface area contributed by atoms with Crippen molar-refractivity contribution in [3.05, 3.63) is 0 Å². The minimum atomic E-state index is -9.45. The third-order valence-corrected chi connectivity index (χ3v) is 5.69. The van der Waals surface area contributed by atoms with Crippen molar-refractivity contribution in [1.82, 2.24) is 0 Å². The van der Waals surface area contributed by atoms with Crippen molar-refractivity contribution in [1.29, 1.82) is 0 Å². The van der Waals surface area contributed by atoms with Gasteiger partial charge in [0, 0.05) is 6.92 Å². The summed E-state index contributed by atoms with van der Waals surface area (Å²) in [6, 6.07) is 0. The number of rotatable bonds is 9. The van der Waals surface area contributed by atoms with Crippen molar-refractivity contribution in [3.8, 4) is 0 Å². The third kappa shape index (κ3) is 11.6. The van der Waals surface area contributed by atoms with Crippen LogP contribution in [0, 0.1) is 0 Å². The lowest BCUT2D eigenvalue weighted by molar-refractivity contribution is -0.363. The maximum absolute atomic E-state index is 13.5. The van der Waals surface area contributed by atoms with E-state index in [1.54, 1.807) is 0 Å². The van der Waals surface area contributed by atoms with Crippen LogP contribution in [0.25, 0.3) is 0 Å².